The van der Waals surface area contributed by atoms with Gasteiger partial charge in [-0.05, 0) is 31.2 Å². The summed E-state index contributed by atoms with van der Waals surface area (Å²) in [5.41, 5.74) is 6.65. The number of carbonyl (C=O) groups excluding carboxylic acids is 1. The highest BCUT2D eigenvalue weighted by Crippen LogP contribution is 2.24. The van der Waals surface area contributed by atoms with Gasteiger partial charge in [0.15, 0.2) is 5.96 Å². The van der Waals surface area contributed by atoms with E-state index < -0.39 is 0 Å². The van der Waals surface area contributed by atoms with E-state index in [4.69, 9.17) is 10.7 Å². The van der Waals surface area contributed by atoms with E-state index in [1.54, 1.807) is 0 Å². The van der Waals surface area contributed by atoms with E-state index in [1.807, 2.05) is 6.07 Å². The van der Waals surface area contributed by atoms with Gasteiger partial charge in [0.05, 0.1) is 6.54 Å². The molecule has 1 aliphatic heterocycles. The molecule has 0 radical (unpaired) electrons. The summed E-state index contributed by atoms with van der Waals surface area (Å²) in [7, 11) is 0. The molecule has 26 heavy (non-hydrogen) atoms. The van der Waals surface area contributed by atoms with Crippen LogP contribution in [-0.4, -0.2) is 42.9 Å². The van der Waals surface area contributed by atoms with Crippen molar-refractivity contribution in [1.82, 2.24) is 10.2 Å². The normalized spacial score (nSPS) is 18.2. The highest BCUT2D eigenvalue weighted by molar-refractivity contribution is 14.0. The maximum absolute atomic E-state index is 11.2. The summed E-state index contributed by atoms with van der Waals surface area (Å²) in [5.74, 6) is 1.07. The fourth-order valence-corrected chi connectivity index (χ4v) is 3.39. The molecule has 0 bridgehead atoms. The maximum atomic E-state index is 11.2. The third-order valence-electron chi connectivity index (χ3n) is 4.82. The number of likely N-dealkylation sites (tertiary alicyclic amines) is 1. The summed E-state index contributed by atoms with van der Waals surface area (Å²) >= 11 is 0. The lowest BCUT2D eigenvalue weighted by Crippen LogP contribution is -2.47. The number of nitrogens with two attached hydrogens (primary N) is 1. The number of benzene rings is 1. The van der Waals surface area contributed by atoms with Crippen molar-refractivity contribution in [3.05, 3.63) is 35.9 Å². The molecule has 1 saturated heterocycles. The number of rotatable bonds is 6. The highest BCUT2D eigenvalue weighted by atomic mass is 127. The Labute approximate surface area is 174 Å². The molecule has 1 aromatic carbocycles. The van der Waals surface area contributed by atoms with Crippen molar-refractivity contribution in [2.24, 2.45) is 16.6 Å². The second-order valence-corrected chi connectivity index (χ2v) is 7.54. The Bertz CT molecular complexity index is 589. The second kappa shape index (κ2) is 10.7. The van der Waals surface area contributed by atoms with Crippen molar-refractivity contribution in [3.63, 3.8) is 0 Å². The molecule has 1 heterocycles. The van der Waals surface area contributed by atoms with E-state index in [9.17, 15) is 4.79 Å². The van der Waals surface area contributed by atoms with Crippen molar-refractivity contribution >= 4 is 35.8 Å². The average molecular weight is 472 g/mol. The van der Waals surface area contributed by atoms with E-state index >= 15 is 0 Å². The Hall–Kier alpha value is -1.31. The van der Waals surface area contributed by atoms with Gasteiger partial charge < -0.3 is 16.0 Å². The molecule has 0 aromatic heterocycles. The zero-order valence-electron chi connectivity index (χ0n) is 16.2. The number of aliphatic imine (C=N–C) groups is 1. The molecule has 0 aliphatic carbocycles. The molecular formula is C20H33IN4O. The number of guanidine groups is 1. The number of hydrogen-bond acceptors (Lipinski definition) is 2. The quantitative estimate of drug-likeness (QED) is 0.380. The van der Waals surface area contributed by atoms with Crippen LogP contribution in [0.5, 0.6) is 0 Å². The summed E-state index contributed by atoms with van der Waals surface area (Å²) in [4.78, 5) is 18.4. The fourth-order valence-electron chi connectivity index (χ4n) is 3.39. The third kappa shape index (κ3) is 6.78. The second-order valence-electron chi connectivity index (χ2n) is 7.54. The summed E-state index contributed by atoms with van der Waals surface area (Å²) in [6, 6.07) is 10.5. The van der Waals surface area contributed by atoms with Gasteiger partial charge in [0.25, 0.3) is 0 Å². The van der Waals surface area contributed by atoms with E-state index in [-0.39, 0.29) is 35.3 Å². The van der Waals surface area contributed by atoms with Crippen LogP contribution in [-0.2, 0) is 10.2 Å². The molecule has 5 nitrogen and oxygen atoms in total. The highest BCUT2D eigenvalue weighted by Gasteiger charge is 2.25. The van der Waals surface area contributed by atoms with Gasteiger partial charge in [-0.15, -0.1) is 24.0 Å². The molecule has 3 N–H and O–H groups in total. The molecular weight excluding hydrogens is 439 g/mol. The molecule has 1 unspecified atom stereocenters. The van der Waals surface area contributed by atoms with E-state index in [2.05, 4.69) is 55.3 Å². The SMILES string of the molecule is CCNC(=NCC(C)(C)c1ccccc1)N1CCCC(CC(N)=O)C1.I. The van der Waals surface area contributed by atoms with Crippen molar-refractivity contribution in [2.45, 2.75) is 45.4 Å². The molecule has 2 rings (SSSR count). The molecule has 1 aliphatic rings. The number of halogens is 1. The standard InChI is InChI=1S/C20H32N4O.HI/c1-4-22-19(24-12-8-9-16(14-24)13-18(21)25)23-15-20(2,3)17-10-6-5-7-11-17;/h5-7,10-11,16H,4,8-9,12-15H2,1-3H3,(H2,21,25)(H,22,23);1H. The zero-order chi connectivity index (χ0) is 18.3. The number of carbonyl (C=O) groups is 1. The van der Waals surface area contributed by atoms with Crippen LogP contribution >= 0.6 is 24.0 Å². The molecule has 0 spiro atoms. The van der Waals surface area contributed by atoms with Gasteiger partial charge >= 0.3 is 0 Å². The fraction of sp³-hybridized carbons (Fsp3) is 0.600. The number of nitrogens with one attached hydrogen (secondary N) is 1. The van der Waals surface area contributed by atoms with Gasteiger partial charge in [0, 0.05) is 31.5 Å². The van der Waals surface area contributed by atoms with Crippen molar-refractivity contribution < 1.29 is 4.79 Å². The molecule has 1 atom stereocenters. The predicted octanol–water partition coefficient (Wildman–Crippen LogP) is 3.14. The Morgan fingerprint density at radius 2 is 2.04 bits per heavy atom. The van der Waals surface area contributed by atoms with Gasteiger partial charge in [-0.3, -0.25) is 9.79 Å². The van der Waals surface area contributed by atoms with Crippen LogP contribution in [0.3, 0.4) is 0 Å². The van der Waals surface area contributed by atoms with E-state index in [0.29, 0.717) is 12.3 Å². The number of hydrogen-bond donors (Lipinski definition) is 2. The molecule has 0 saturated carbocycles. The van der Waals surface area contributed by atoms with E-state index in [0.717, 1.165) is 45.0 Å². The largest absolute Gasteiger partial charge is 0.370 e. The zero-order valence-corrected chi connectivity index (χ0v) is 18.5. The van der Waals surface area contributed by atoms with Crippen LogP contribution in [0.15, 0.2) is 35.3 Å². The van der Waals surface area contributed by atoms with Crippen LogP contribution in [0.1, 0.15) is 45.6 Å². The van der Waals surface area contributed by atoms with E-state index in [1.165, 1.54) is 5.56 Å². The predicted molar refractivity (Wildman–Crippen MR) is 119 cm³/mol. The lowest BCUT2D eigenvalue weighted by Gasteiger charge is -2.35. The van der Waals surface area contributed by atoms with Crippen LogP contribution in [0, 0.1) is 5.92 Å². The Morgan fingerprint density at radius 3 is 2.65 bits per heavy atom. The molecule has 1 amide bonds. The first-order valence-electron chi connectivity index (χ1n) is 9.29. The van der Waals surface area contributed by atoms with Gasteiger partial charge in [0.2, 0.25) is 5.91 Å². The summed E-state index contributed by atoms with van der Waals surface area (Å²) in [5, 5.41) is 3.41. The van der Waals surface area contributed by atoms with Gasteiger partial charge in [0.1, 0.15) is 0 Å². The van der Waals surface area contributed by atoms with Crippen LogP contribution in [0.4, 0.5) is 0 Å². The van der Waals surface area contributed by atoms with Gasteiger partial charge in [-0.25, -0.2) is 0 Å². The minimum absolute atomic E-state index is 0. The molecule has 146 valence electrons. The first-order valence-corrected chi connectivity index (χ1v) is 9.29. The summed E-state index contributed by atoms with van der Waals surface area (Å²) < 4.78 is 0. The summed E-state index contributed by atoms with van der Waals surface area (Å²) in [6.45, 7) is 9.91. The van der Waals surface area contributed by atoms with Crippen LogP contribution in [0.25, 0.3) is 0 Å². The first kappa shape index (κ1) is 22.7. The number of nitrogens with zero attached hydrogens (tertiary/aromatic N) is 2. The minimum atomic E-state index is -0.209. The smallest absolute Gasteiger partial charge is 0.217 e. The van der Waals surface area contributed by atoms with Gasteiger partial charge in [-0.1, -0.05) is 44.2 Å². The lowest BCUT2D eigenvalue weighted by molar-refractivity contribution is -0.119. The average Bonchev–Trinajstić information content (AvgIpc) is 2.59. The summed E-state index contributed by atoms with van der Waals surface area (Å²) in [6.07, 6.45) is 2.60. The number of piperidine rings is 1. The monoisotopic (exact) mass is 472 g/mol. The number of amides is 1. The Balaban J connectivity index is 0.00000338. The Morgan fingerprint density at radius 1 is 1.35 bits per heavy atom. The van der Waals surface area contributed by atoms with Crippen molar-refractivity contribution in [3.8, 4) is 0 Å². The molecule has 6 heteroatoms. The van der Waals surface area contributed by atoms with Crippen LogP contribution in [0.2, 0.25) is 0 Å². The minimum Gasteiger partial charge on any atom is -0.370 e. The Kier molecular flexibility index (Phi) is 9.39. The maximum Gasteiger partial charge on any atom is 0.217 e. The topological polar surface area (TPSA) is 70.7 Å². The first-order chi connectivity index (χ1) is 11.9. The number of primary amides is 1. The molecule has 1 aromatic rings. The van der Waals surface area contributed by atoms with Crippen LogP contribution < -0.4 is 11.1 Å². The van der Waals surface area contributed by atoms with Crippen molar-refractivity contribution in [1.29, 1.82) is 0 Å². The van der Waals surface area contributed by atoms with Gasteiger partial charge in [-0.2, -0.15) is 0 Å². The van der Waals surface area contributed by atoms with Crippen molar-refractivity contribution in [2.75, 3.05) is 26.2 Å². The molecule has 1 fully saturated rings. The lowest BCUT2D eigenvalue weighted by atomic mass is 9.85. The third-order valence-corrected chi connectivity index (χ3v) is 4.82.